The van der Waals surface area contributed by atoms with Crippen LogP contribution >= 0.6 is 11.8 Å². The van der Waals surface area contributed by atoms with E-state index in [-0.39, 0.29) is 17.1 Å². The molecule has 0 aliphatic heterocycles. The fraction of sp³-hybridized carbons (Fsp3) is 0.200. The second-order valence-electron chi connectivity index (χ2n) is 4.84. The van der Waals surface area contributed by atoms with Gasteiger partial charge in [-0.05, 0) is 0 Å². The Morgan fingerprint density at radius 1 is 1.18 bits per heavy atom. The maximum absolute atomic E-state index is 12.2. The van der Waals surface area contributed by atoms with Gasteiger partial charge < -0.3 is 0 Å². The number of aryl methyl sites for hydroxylation is 2. The zero-order chi connectivity index (χ0) is 15.7. The molecule has 0 N–H and O–H groups in total. The van der Waals surface area contributed by atoms with Crippen molar-refractivity contribution >= 4 is 28.4 Å². The fourth-order valence-electron chi connectivity index (χ4n) is 2.16. The number of carbonyl (C=O) groups excluding carboxylic acids is 1. The lowest BCUT2D eigenvalue weighted by molar-refractivity contribution is 0.102. The summed E-state index contributed by atoms with van der Waals surface area (Å²) in [4.78, 5) is 24.4. The quantitative estimate of drug-likeness (QED) is 0.541. The van der Waals surface area contributed by atoms with E-state index in [9.17, 15) is 9.59 Å². The molecule has 0 bridgehead atoms. The van der Waals surface area contributed by atoms with Crippen LogP contribution in [0.4, 0.5) is 0 Å². The van der Waals surface area contributed by atoms with Crippen LogP contribution in [-0.2, 0) is 14.1 Å². The third kappa shape index (κ3) is 2.55. The minimum atomic E-state index is -0.208. The zero-order valence-corrected chi connectivity index (χ0v) is 13.0. The number of ketones is 1. The predicted octanol–water partition coefficient (Wildman–Crippen LogP) is 1.64. The molecule has 0 radical (unpaired) electrons. The third-order valence-corrected chi connectivity index (χ3v) is 4.32. The molecular weight excluding hydrogens is 300 g/mol. The number of hydrogen-bond donors (Lipinski definition) is 0. The molecule has 0 aliphatic carbocycles. The number of fused-ring (bicyclic) bond motifs is 1. The van der Waals surface area contributed by atoms with Crippen molar-refractivity contribution in [2.45, 2.75) is 5.03 Å². The minimum Gasteiger partial charge on any atom is -0.293 e. The number of aromatic nitrogens is 4. The summed E-state index contributed by atoms with van der Waals surface area (Å²) in [7, 11) is 3.35. The lowest BCUT2D eigenvalue weighted by Gasteiger charge is -2.00. The number of nitrogens with zero attached hydrogens (tertiary/aromatic N) is 4. The molecule has 7 heteroatoms. The molecule has 0 atom stereocenters. The Bertz CT molecular complexity index is 899. The summed E-state index contributed by atoms with van der Waals surface area (Å²) in [5, 5.41) is 9.39. The second kappa shape index (κ2) is 5.76. The van der Waals surface area contributed by atoms with Crippen molar-refractivity contribution in [1.82, 2.24) is 19.6 Å². The van der Waals surface area contributed by atoms with Gasteiger partial charge in [0.2, 0.25) is 0 Å². The van der Waals surface area contributed by atoms with E-state index in [1.165, 1.54) is 16.4 Å². The van der Waals surface area contributed by atoms with E-state index in [0.717, 1.165) is 0 Å². The van der Waals surface area contributed by atoms with E-state index in [4.69, 9.17) is 0 Å². The van der Waals surface area contributed by atoms with Gasteiger partial charge in [-0.3, -0.25) is 14.3 Å². The number of thioether (sulfide) groups is 1. The highest BCUT2D eigenvalue weighted by Gasteiger charge is 2.16. The summed E-state index contributed by atoms with van der Waals surface area (Å²) >= 11 is 1.27. The van der Waals surface area contributed by atoms with Crippen molar-refractivity contribution in [3.05, 3.63) is 52.4 Å². The van der Waals surface area contributed by atoms with Crippen molar-refractivity contribution in [2.24, 2.45) is 14.1 Å². The average molecular weight is 314 g/mol. The highest BCUT2D eigenvalue weighted by atomic mass is 32.2. The third-order valence-electron chi connectivity index (χ3n) is 3.36. The van der Waals surface area contributed by atoms with Gasteiger partial charge in [-0.1, -0.05) is 42.1 Å². The van der Waals surface area contributed by atoms with Crippen LogP contribution < -0.4 is 5.56 Å². The molecule has 0 fully saturated rings. The summed E-state index contributed by atoms with van der Waals surface area (Å²) < 4.78 is 2.88. The predicted molar refractivity (Wildman–Crippen MR) is 85.2 cm³/mol. The molecule has 1 aromatic carbocycles. The molecule has 3 rings (SSSR count). The van der Waals surface area contributed by atoms with Gasteiger partial charge >= 0.3 is 0 Å². The lowest BCUT2D eigenvalue weighted by atomic mass is 10.2. The van der Waals surface area contributed by atoms with Crippen LogP contribution in [0.3, 0.4) is 0 Å². The zero-order valence-electron chi connectivity index (χ0n) is 12.2. The van der Waals surface area contributed by atoms with Crippen molar-refractivity contribution in [3.63, 3.8) is 0 Å². The second-order valence-corrected chi connectivity index (χ2v) is 5.80. The number of carbonyl (C=O) groups is 1. The van der Waals surface area contributed by atoms with Crippen LogP contribution in [0.25, 0.3) is 10.9 Å². The summed E-state index contributed by atoms with van der Waals surface area (Å²) in [5.74, 6) is 0.247. The molecule has 2 heterocycles. The first kappa shape index (κ1) is 14.5. The maximum atomic E-state index is 12.2. The highest BCUT2D eigenvalue weighted by molar-refractivity contribution is 8.00. The Morgan fingerprint density at radius 2 is 1.91 bits per heavy atom. The summed E-state index contributed by atoms with van der Waals surface area (Å²) in [6.45, 7) is 0. The first-order valence-electron chi connectivity index (χ1n) is 6.68. The van der Waals surface area contributed by atoms with Crippen molar-refractivity contribution in [2.75, 3.05) is 5.75 Å². The fourth-order valence-corrected chi connectivity index (χ4v) is 3.11. The smallest absolute Gasteiger partial charge is 0.278 e. The lowest BCUT2D eigenvalue weighted by Crippen LogP contribution is -2.19. The Balaban J connectivity index is 1.90. The number of Topliss-reactive ketones (excluding diaryl/α,β-unsaturated/α-hetero) is 1. The highest BCUT2D eigenvalue weighted by Crippen LogP contribution is 2.24. The molecular formula is C15H14N4O2S. The molecule has 3 aromatic rings. The number of hydrogen-bond acceptors (Lipinski definition) is 5. The van der Waals surface area contributed by atoms with Gasteiger partial charge in [-0.15, -0.1) is 0 Å². The minimum absolute atomic E-state index is 0.00952. The molecule has 22 heavy (non-hydrogen) atoms. The van der Waals surface area contributed by atoms with Gasteiger partial charge in [0.05, 0.1) is 17.5 Å². The molecule has 2 aromatic heterocycles. The molecule has 0 saturated heterocycles. The number of benzene rings is 1. The monoisotopic (exact) mass is 314 g/mol. The normalized spacial score (nSPS) is 11.0. The largest absolute Gasteiger partial charge is 0.293 e. The van der Waals surface area contributed by atoms with E-state index < -0.39 is 0 Å². The van der Waals surface area contributed by atoms with Crippen LogP contribution in [0.1, 0.15) is 10.4 Å². The van der Waals surface area contributed by atoms with Gasteiger partial charge in [0.25, 0.3) is 5.56 Å². The summed E-state index contributed by atoms with van der Waals surface area (Å²) in [6, 6.07) is 9.09. The molecule has 0 spiro atoms. The SMILES string of the molecule is Cn1ncc2c(c(SCC(=O)c3ccccc3)nn2C)c1=O. The molecule has 6 nitrogen and oxygen atoms in total. The van der Waals surface area contributed by atoms with Crippen LogP contribution in [-0.4, -0.2) is 31.1 Å². The topological polar surface area (TPSA) is 69.8 Å². The van der Waals surface area contributed by atoms with Crippen molar-refractivity contribution in [3.8, 4) is 0 Å². The van der Waals surface area contributed by atoms with Crippen LogP contribution in [0.5, 0.6) is 0 Å². The summed E-state index contributed by atoms with van der Waals surface area (Å²) in [5.41, 5.74) is 1.11. The van der Waals surface area contributed by atoms with E-state index >= 15 is 0 Å². The first-order chi connectivity index (χ1) is 10.6. The van der Waals surface area contributed by atoms with Crippen molar-refractivity contribution in [1.29, 1.82) is 0 Å². The van der Waals surface area contributed by atoms with Gasteiger partial charge in [-0.2, -0.15) is 10.2 Å². The van der Waals surface area contributed by atoms with Crippen LogP contribution in [0.15, 0.2) is 46.3 Å². The average Bonchev–Trinajstić information content (AvgIpc) is 2.86. The first-order valence-corrected chi connectivity index (χ1v) is 7.66. The van der Waals surface area contributed by atoms with Gasteiger partial charge in [0.15, 0.2) is 5.78 Å². The van der Waals surface area contributed by atoms with Gasteiger partial charge in [0.1, 0.15) is 10.4 Å². The number of rotatable bonds is 4. The molecule has 0 unspecified atom stereocenters. The molecule has 0 aliphatic rings. The Labute approximate surface area is 130 Å². The molecule has 0 saturated carbocycles. The van der Waals surface area contributed by atoms with Crippen LogP contribution in [0, 0.1) is 0 Å². The van der Waals surface area contributed by atoms with Gasteiger partial charge in [0, 0.05) is 19.7 Å². The molecule has 0 amide bonds. The van der Waals surface area contributed by atoms with E-state index in [1.807, 2.05) is 18.2 Å². The van der Waals surface area contributed by atoms with Gasteiger partial charge in [-0.25, -0.2) is 4.68 Å². The molecule has 112 valence electrons. The van der Waals surface area contributed by atoms with E-state index in [1.54, 1.807) is 37.1 Å². The maximum Gasteiger partial charge on any atom is 0.278 e. The Morgan fingerprint density at radius 3 is 2.64 bits per heavy atom. The Kier molecular flexibility index (Phi) is 3.81. The van der Waals surface area contributed by atoms with E-state index in [2.05, 4.69) is 10.2 Å². The van der Waals surface area contributed by atoms with E-state index in [0.29, 0.717) is 21.5 Å². The Hall–Kier alpha value is -2.41. The van der Waals surface area contributed by atoms with Crippen molar-refractivity contribution < 1.29 is 4.79 Å². The standard InChI is InChI=1S/C15H14N4O2S/c1-18-11-8-16-19(2)15(21)13(11)14(17-18)22-9-12(20)10-6-4-3-5-7-10/h3-8H,9H2,1-2H3. The van der Waals surface area contributed by atoms with Crippen LogP contribution in [0.2, 0.25) is 0 Å². The summed E-state index contributed by atoms with van der Waals surface area (Å²) in [6.07, 6.45) is 1.60.